The minimum atomic E-state index is -0.461. The number of thioether (sulfide) groups is 1. The highest BCUT2D eigenvalue weighted by Crippen LogP contribution is 2.29. The van der Waals surface area contributed by atoms with Gasteiger partial charge in [0.15, 0.2) is 5.13 Å². The number of thiazole rings is 1. The number of hydrogen-bond acceptors (Lipinski definition) is 6. The van der Waals surface area contributed by atoms with Gasteiger partial charge in [0.25, 0.3) is 5.69 Å². The molecule has 2 aromatic carbocycles. The Kier molecular flexibility index (Phi) is 5.30. The highest BCUT2D eigenvalue weighted by atomic mass is 32.2. The molecule has 0 atom stereocenters. The number of rotatable bonds is 6. The number of aromatic nitrogens is 1. The van der Waals surface area contributed by atoms with Gasteiger partial charge in [0.2, 0.25) is 5.91 Å². The third kappa shape index (κ3) is 4.34. The van der Waals surface area contributed by atoms with Crippen LogP contribution in [0.5, 0.6) is 0 Å². The van der Waals surface area contributed by atoms with Crippen LogP contribution in [0, 0.1) is 10.1 Å². The second kappa shape index (κ2) is 7.62. The molecule has 0 aliphatic rings. The minimum Gasteiger partial charge on any atom is -0.302 e. The molecule has 0 radical (unpaired) electrons. The molecular formula is C17H15N3O3S2. The molecule has 3 aromatic rings. The van der Waals surface area contributed by atoms with E-state index < -0.39 is 4.92 Å². The average Bonchev–Trinajstić information content (AvgIpc) is 2.97. The molecule has 0 aliphatic heterocycles. The number of non-ortho nitro benzene ring substituents is 1. The van der Waals surface area contributed by atoms with Gasteiger partial charge in [0, 0.05) is 17.0 Å². The maximum absolute atomic E-state index is 12.2. The molecule has 1 amide bonds. The number of carbonyl (C=O) groups is 1. The van der Waals surface area contributed by atoms with E-state index in [4.69, 9.17) is 0 Å². The van der Waals surface area contributed by atoms with Crippen molar-refractivity contribution in [2.75, 3.05) is 11.1 Å². The van der Waals surface area contributed by atoms with E-state index in [-0.39, 0.29) is 18.0 Å². The maximum atomic E-state index is 12.2. The van der Waals surface area contributed by atoms with Crippen LogP contribution >= 0.6 is 23.1 Å². The van der Waals surface area contributed by atoms with Gasteiger partial charge in [0.05, 0.1) is 21.6 Å². The summed E-state index contributed by atoms with van der Waals surface area (Å²) in [5, 5.41) is 14.0. The van der Waals surface area contributed by atoms with Gasteiger partial charge in [-0.15, -0.1) is 11.8 Å². The predicted octanol–water partition coefficient (Wildman–Crippen LogP) is 4.50. The number of benzene rings is 2. The van der Waals surface area contributed by atoms with Crippen LogP contribution < -0.4 is 5.32 Å². The van der Waals surface area contributed by atoms with E-state index in [0.29, 0.717) is 10.6 Å². The van der Waals surface area contributed by atoms with Crippen LogP contribution in [0.15, 0.2) is 47.4 Å². The molecule has 0 aliphatic carbocycles. The number of anilines is 1. The van der Waals surface area contributed by atoms with Gasteiger partial charge in [-0.2, -0.15) is 0 Å². The fourth-order valence-electron chi connectivity index (χ4n) is 2.30. The first-order valence-corrected chi connectivity index (χ1v) is 9.42. The van der Waals surface area contributed by atoms with Gasteiger partial charge >= 0.3 is 0 Å². The van der Waals surface area contributed by atoms with Crippen LogP contribution in [-0.2, 0) is 11.2 Å². The summed E-state index contributed by atoms with van der Waals surface area (Å²) in [5.41, 5.74) is 1.42. The van der Waals surface area contributed by atoms with Crippen LogP contribution in [0.2, 0.25) is 0 Å². The fraction of sp³-hybridized carbons (Fsp3) is 0.176. The Balaban J connectivity index is 1.68. The van der Waals surface area contributed by atoms with Gasteiger partial charge in [-0.1, -0.05) is 30.4 Å². The molecule has 0 bridgehead atoms. The Bertz CT molecular complexity index is 923. The Morgan fingerprint density at radius 3 is 2.72 bits per heavy atom. The number of nitro benzene ring substituents is 1. The monoisotopic (exact) mass is 373 g/mol. The van der Waals surface area contributed by atoms with Gasteiger partial charge in [-0.05, 0) is 29.5 Å². The first-order chi connectivity index (χ1) is 12.0. The van der Waals surface area contributed by atoms with E-state index in [9.17, 15) is 14.9 Å². The van der Waals surface area contributed by atoms with Gasteiger partial charge in [0.1, 0.15) is 0 Å². The first kappa shape index (κ1) is 17.4. The molecule has 0 saturated heterocycles. The van der Waals surface area contributed by atoms with Crippen molar-refractivity contribution in [3.63, 3.8) is 0 Å². The lowest BCUT2D eigenvalue weighted by molar-refractivity contribution is -0.384. The summed E-state index contributed by atoms with van der Waals surface area (Å²) in [6, 6.07) is 12.4. The third-order valence-electron chi connectivity index (χ3n) is 3.43. The summed E-state index contributed by atoms with van der Waals surface area (Å²) in [4.78, 5) is 28.0. The van der Waals surface area contributed by atoms with Crippen LogP contribution in [0.25, 0.3) is 10.2 Å². The SMILES string of the molecule is CCSc1ccc(CC(=O)Nc2nc3cc([N+](=O)[O-])ccc3s2)cc1. The molecule has 128 valence electrons. The van der Waals surface area contributed by atoms with Crippen molar-refractivity contribution in [3.05, 3.63) is 58.1 Å². The van der Waals surface area contributed by atoms with Gasteiger partial charge in [-0.3, -0.25) is 14.9 Å². The van der Waals surface area contributed by atoms with Crippen LogP contribution in [0.3, 0.4) is 0 Å². The van der Waals surface area contributed by atoms with Crippen molar-refractivity contribution < 1.29 is 9.72 Å². The molecule has 3 rings (SSSR count). The number of carbonyl (C=O) groups excluding carboxylic acids is 1. The average molecular weight is 373 g/mol. The summed E-state index contributed by atoms with van der Waals surface area (Å²) in [5.74, 6) is 0.847. The van der Waals surface area contributed by atoms with Gasteiger partial charge < -0.3 is 5.32 Å². The van der Waals surface area contributed by atoms with Crippen molar-refractivity contribution in [3.8, 4) is 0 Å². The Hall–Kier alpha value is -2.45. The molecule has 0 spiro atoms. The summed E-state index contributed by atoms with van der Waals surface area (Å²) >= 11 is 3.05. The van der Waals surface area contributed by atoms with E-state index >= 15 is 0 Å². The number of fused-ring (bicyclic) bond motifs is 1. The molecule has 8 heteroatoms. The lowest BCUT2D eigenvalue weighted by Gasteiger charge is -2.03. The molecule has 1 aromatic heterocycles. The predicted molar refractivity (Wildman–Crippen MR) is 101 cm³/mol. The zero-order valence-electron chi connectivity index (χ0n) is 13.4. The summed E-state index contributed by atoms with van der Waals surface area (Å²) < 4.78 is 0.793. The van der Waals surface area contributed by atoms with E-state index in [0.717, 1.165) is 16.0 Å². The zero-order chi connectivity index (χ0) is 17.8. The number of nitrogens with zero attached hydrogens (tertiary/aromatic N) is 2. The number of nitrogens with one attached hydrogen (secondary N) is 1. The van der Waals surface area contributed by atoms with E-state index in [1.54, 1.807) is 17.8 Å². The number of hydrogen-bond donors (Lipinski definition) is 1. The molecule has 6 nitrogen and oxygen atoms in total. The molecule has 25 heavy (non-hydrogen) atoms. The minimum absolute atomic E-state index is 0.0132. The van der Waals surface area contributed by atoms with Crippen LogP contribution in [0.1, 0.15) is 12.5 Å². The van der Waals surface area contributed by atoms with Crippen molar-refractivity contribution in [2.45, 2.75) is 18.2 Å². The zero-order valence-corrected chi connectivity index (χ0v) is 15.0. The van der Waals surface area contributed by atoms with E-state index in [2.05, 4.69) is 17.2 Å². The largest absolute Gasteiger partial charge is 0.302 e. The molecule has 0 unspecified atom stereocenters. The number of amides is 1. The maximum Gasteiger partial charge on any atom is 0.271 e. The highest BCUT2D eigenvalue weighted by molar-refractivity contribution is 7.99. The van der Waals surface area contributed by atoms with Gasteiger partial charge in [-0.25, -0.2) is 4.98 Å². The summed E-state index contributed by atoms with van der Waals surface area (Å²) in [7, 11) is 0. The standard InChI is InChI=1S/C17H15N3O3S2/c1-2-24-13-6-3-11(4-7-13)9-16(21)19-17-18-14-10-12(20(22)23)5-8-15(14)25-17/h3-8,10H,2,9H2,1H3,(H,18,19,21). The Morgan fingerprint density at radius 2 is 2.04 bits per heavy atom. The normalized spacial score (nSPS) is 10.8. The van der Waals surface area contributed by atoms with Crippen molar-refractivity contribution in [2.24, 2.45) is 0 Å². The quantitative estimate of drug-likeness (QED) is 0.391. The molecule has 0 saturated carbocycles. The lowest BCUT2D eigenvalue weighted by atomic mass is 10.1. The lowest BCUT2D eigenvalue weighted by Crippen LogP contribution is -2.14. The Morgan fingerprint density at radius 1 is 1.28 bits per heavy atom. The van der Waals surface area contributed by atoms with Crippen molar-refractivity contribution in [1.82, 2.24) is 4.98 Å². The highest BCUT2D eigenvalue weighted by Gasteiger charge is 2.12. The second-order valence-corrected chi connectivity index (χ2v) is 7.60. The molecule has 0 fully saturated rings. The molecule has 1 heterocycles. The van der Waals surface area contributed by atoms with Crippen LogP contribution in [0.4, 0.5) is 10.8 Å². The Labute approximate surface area is 152 Å². The van der Waals surface area contributed by atoms with E-state index in [1.807, 2.05) is 24.3 Å². The summed E-state index contributed by atoms with van der Waals surface area (Å²) in [6.07, 6.45) is 0.257. The van der Waals surface area contributed by atoms with Crippen molar-refractivity contribution >= 4 is 50.0 Å². The third-order valence-corrected chi connectivity index (χ3v) is 5.27. The first-order valence-electron chi connectivity index (χ1n) is 7.61. The molecule has 1 N–H and O–H groups in total. The van der Waals surface area contributed by atoms with Crippen LogP contribution in [-0.4, -0.2) is 21.6 Å². The fourth-order valence-corrected chi connectivity index (χ4v) is 3.83. The van der Waals surface area contributed by atoms with E-state index in [1.165, 1.54) is 28.4 Å². The van der Waals surface area contributed by atoms with Crippen molar-refractivity contribution in [1.29, 1.82) is 0 Å². The molecular weight excluding hydrogens is 358 g/mol. The second-order valence-electron chi connectivity index (χ2n) is 5.23. The number of nitro groups is 1. The summed E-state index contributed by atoms with van der Waals surface area (Å²) in [6.45, 7) is 2.10. The topological polar surface area (TPSA) is 85.1 Å². The smallest absolute Gasteiger partial charge is 0.271 e.